The second-order valence-corrected chi connectivity index (χ2v) is 8.34. The molecule has 0 aliphatic heterocycles. The Morgan fingerprint density at radius 2 is 1.56 bits per heavy atom. The van der Waals surface area contributed by atoms with Crippen LogP contribution in [0.15, 0.2) is 84.0 Å². The van der Waals surface area contributed by atoms with Gasteiger partial charge in [-0.2, -0.15) is 0 Å². The van der Waals surface area contributed by atoms with Crippen LogP contribution in [0.3, 0.4) is 0 Å². The van der Waals surface area contributed by atoms with Crippen LogP contribution in [0.5, 0.6) is 11.5 Å². The highest BCUT2D eigenvalue weighted by molar-refractivity contribution is 8.00. The molecular formula is C25H23N3O3S. The number of hydrogen-bond donors (Lipinski definition) is 0. The molecule has 32 heavy (non-hydrogen) atoms. The van der Waals surface area contributed by atoms with Gasteiger partial charge >= 0.3 is 0 Å². The zero-order valence-corrected chi connectivity index (χ0v) is 18.9. The number of aromatic nitrogens is 3. The summed E-state index contributed by atoms with van der Waals surface area (Å²) >= 11 is 1.37. The van der Waals surface area contributed by atoms with Crippen molar-refractivity contribution < 1.29 is 14.3 Å². The topological polar surface area (TPSA) is 66.2 Å². The molecule has 0 amide bonds. The minimum atomic E-state index is -0.343. The van der Waals surface area contributed by atoms with Crippen LogP contribution in [-0.2, 0) is 0 Å². The second kappa shape index (κ2) is 9.70. The maximum absolute atomic E-state index is 12.9. The van der Waals surface area contributed by atoms with Gasteiger partial charge in [-0.25, -0.2) is 0 Å². The van der Waals surface area contributed by atoms with Crippen molar-refractivity contribution in [1.29, 1.82) is 0 Å². The Hall–Kier alpha value is -3.58. The minimum Gasteiger partial charge on any atom is -0.497 e. The van der Waals surface area contributed by atoms with Crippen LogP contribution in [0.2, 0.25) is 0 Å². The standard InChI is InChI=1S/C25H23N3O3S/c1-17(23(29)18-9-5-4-6-10-18)32-25-27-26-24(21-11-7-8-12-22(21)31-3)28(25)19-13-15-20(30-2)16-14-19/h4-17H,1-3H3. The summed E-state index contributed by atoms with van der Waals surface area (Å²) in [6.07, 6.45) is 0. The minimum absolute atomic E-state index is 0.0405. The van der Waals surface area contributed by atoms with Crippen LogP contribution in [0.25, 0.3) is 17.1 Å². The maximum Gasteiger partial charge on any atom is 0.196 e. The highest BCUT2D eigenvalue weighted by Gasteiger charge is 2.23. The van der Waals surface area contributed by atoms with Crippen molar-refractivity contribution in [3.05, 3.63) is 84.4 Å². The monoisotopic (exact) mass is 445 g/mol. The smallest absolute Gasteiger partial charge is 0.196 e. The van der Waals surface area contributed by atoms with E-state index in [1.165, 1.54) is 11.8 Å². The van der Waals surface area contributed by atoms with Gasteiger partial charge in [0, 0.05) is 5.56 Å². The molecular weight excluding hydrogens is 422 g/mol. The van der Waals surface area contributed by atoms with E-state index in [0.717, 1.165) is 17.0 Å². The number of rotatable bonds is 8. The molecule has 162 valence electrons. The number of benzene rings is 3. The lowest BCUT2D eigenvalue weighted by molar-refractivity contribution is 0.0994. The van der Waals surface area contributed by atoms with E-state index in [-0.39, 0.29) is 11.0 Å². The first-order valence-electron chi connectivity index (χ1n) is 10.1. The van der Waals surface area contributed by atoms with Crippen LogP contribution >= 0.6 is 11.8 Å². The molecule has 1 atom stereocenters. The van der Waals surface area contributed by atoms with E-state index in [4.69, 9.17) is 9.47 Å². The van der Waals surface area contributed by atoms with Crippen molar-refractivity contribution in [3.8, 4) is 28.6 Å². The number of thioether (sulfide) groups is 1. The zero-order chi connectivity index (χ0) is 22.5. The molecule has 3 aromatic carbocycles. The third-order valence-corrected chi connectivity index (χ3v) is 6.06. The molecule has 1 unspecified atom stereocenters. The maximum atomic E-state index is 12.9. The molecule has 0 radical (unpaired) electrons. The van der Waals surface area contributed by atoms with Gasteiger partial charge in [0.15, 0.2) is 16.8 Å². The normalized spacial score (nSPS) is 11.7. The van der Waals surface area contributed by atoms with Crippen molar-refractivity contribution in [2.45, 2.75) is 17.3 Å². The summed E-state index contributed by atoms with van der Waals surface area (Å²) in [6.45, 7) is 1.88. The van der Waals surface area contributed by atoms with Gasteiger partial charge in [-0.15, -0.1) is 10.2 Å². The summed E-state index contributed by atoms with van der Waals surface area (Å²) < 4.78 is 12.8. The van der Waals surface area contributed by atoms with Gasteiger partial charge in [-0.3, -0.25) is 9.36 Å². The van der Waals surface area contributed by atoms with Crippen molar-refractivity contribution in [1.82, 2.24) is 14.8 Å². The number of nitrogens with zero attached hydrogens (tertiary/aromatic N) is 3. The van der Waals surface area contributed by atoms with E-state index < -0.39 is 0 Å². The Morgan fingerprint density at radius 3 is 2.25 bits per heavy atom. The molecule has 0 bridgehead atoms. The van der Waals surface area contributed by atoms with Crippen LogP contribution in [0.4, 0.5) is 0 Å². The lowest BCUT2D eigenvalue weighted by atomic mass is 10.1. The fourth-order valence-electron chi connectivity index (χ4n) is 3.36. The molecule has 7 heteroatoms. The van der Waals surface area contributed by atoms with Crippen LogP contribution in [0, 0.1) is 0 Å². The number of carbonyl (C=O) groups excluding carboxylic acids is 1. The highest BCUT2D eigenvalue weighted by atomic mass is 32.2. The third-order valence-electron chi connectivity index (χ3n) is 5.02. The van der Waals surface area contributed by atoms with E-state index in [1.807, 2.05) is 90.4 Å². The lowest BCUT2D eigenvalue weighted by Gasteiger charge is -2.14. The van der Waals surface area contributed by atoms with Crippen molar-refractivity contribution in [2.75, 3.05) is 14.2 Å². The predicted octanol–water partition coefficient (Wildman–Crippen LogP) is 5.32. The van der Waals surface area contributed by atoms with Gasteiger partial charge < -0.3 is 9.47 Å². The molecule has 0 fully saturated rings. The predicted molar refractivity (Wildman–Crippen MR) is 126 cm³/mol. The number of ketones is 1. The molecule has 0 spiro atoms. The molecule has 1 heterocycles. The first-order valence-corrected chi connectivity index (χ1v) is 11.0. The quantitative estimate of drug-likeness (QED) is 0.270. The molecule has 0 saturated heterocycles. The Balaban J connectivity index is 1.77. The summed E-state index contributed by atoms with van der Waals surface area (Å²) in [5.74, 6) is 2.12. The molecule has 0 aliphatic carbocycles. The summed E-state index contributed by atoms with van der Waals surface area (Å²) in [5, 5.41) is 9.18. The summed E-state index contributed by atoms with van der Waals surface area (Å²) in [4.78, 5) is 12.9. The largest absolute Gasteiger partial charge is 0.497 e. The molecule has 0 aliphatic rings. The fraction of sp³-hybridized carbons (Fsp3) is 0.160. The van der Waals surface area contributed by atoms with Crippen molar-refractivity contribution in [3.63, 3.8) is 0 Å². The molecule has 4 aromatic rings. The Labute approximate surface area is 191 Å². The molecule has 1 aromatic heterocycles. The average Bonchev–Trinajstić information content (AvgIpc) is 3.27. The van der Waals surface area contributed by atoms with Crippen molar-refractivity contribution in [2.24, 2.45) is 0 Å². The van der Waals surface area contributed by atoms with E-state index >= 15 is 0 Å². The SMILES string of the molecule is COc1ccc(-n2c(SC(C)C(=O)c3ccccc3)nnc2-c2ccccc2OC)cc1. The molecule has 0 N–H and O–H groups in total. The second-order valence-electron chi connectivity index (χ2n) is 7.03. The van der Waals surface area contributed by atoms with Crippen LogP contribution in [0.1, 0.15) is 17.3 Å². The number of para-hydroxylation sites is 1. The van der Waals surface area contributed by atoms with Gasteiger partial charge in [0.2, 0.25) is 0 Å². The van der Waals surface area contributed by atoms with E-state index in [2.05, 4.69) is 10.2 Å². The number of hydrogen-bond acceptors (Lipinski definition) is 6. The number of Topliss-reactive ketones (excluding diaryl/α,β-unsaturated/α-hetero) is 1. The lowest BCUT2D eigenvalue weighted by Crippen LogP contribution is -2.14. The zero-order valence-electron chi connectivity index (χ0n) is 18.1. The first-order chi connectivity index (χ1) is 15.6. The van der Waals surface area contributed by atoms with E-state index in [9.17, 15) is 4.79 Å². The number of carbonyl (C=O) groups is 1. The van der Waals surface area contributed by atoms with E-state index in [0.29, 0.717) is 22.3 Å². The third kappa shape index (κ3) is 4.38. The Morgan fingerprint density at radius 1 is 0.875 bits per heavy atom. The summed E-state index contributed by atoms with van der Waals surface area (Å²) in [5.41, 5.74) is 2.35. The first kappa shape index (κ1) is 21.6. The Bertz CT molecular complexity index is 1210. The van der Waals surface area contributed by atoms with Gasteiger partial charge in [0.1, 0.15) is 11.5 Å². The fourth-order valence-corrected chi connectivity index (χ4v) is 4.31. The molecule has 6 nitrogen and oxygen atoms in total. The molecule has 0 saturated carbocycles. The van der Waals surface area contributed by atoms with E-state index in [1.54, 1.807) is 14.2 Å². The van der Waals surface area contributed by atoms with Gasteiger partial charge in [-0.05, 0) is 43.3 Å². The van der Waals surface area contributed by atoms with Gasteiger partial charge in [-0.1, -0.05) is 54.2 Å². The van der Waals surface area contributed by atoms with Crippen LogP contribution < -0.4 is 9.47 Å². The van der Waals surface area contributed by atoms with Crippen molar-refractivity contribution >= 4 is 17.5 Å². The molecule has 4 rings (SSSR count). The summed E-state index contributed by atoms with van der Waals surface area (Å²) in [6, 6.07) is 24.6. The number of methoxy groups -OCH3 is 2. The Kier molecular flexibility index (Phi) is 6.56. The average molecular weight is 446 g/mol. The van der Waals surface area contributed by atoms with Crippen LogP contribution in [-0.4, -0.2) is 40.0 Å². The highest BCUT2D eigenvalue weighted by Crippen LogP contribution is 2.35. The van der Waals surface area contributed by atoms with Gasteiger partial charge in [0.05, 0.1) is 30.7 Å². The summed E-state index contributed by atoms with van der Waals surface area (Å²) in [7, 11) is 3.26. The van der Waals surface area contributed by atoms with Gasteiger partial charge in [0.25, 0.3) is 0 Å². The number of ether oxygens (including phenoxy) is 2.